The van der Waals surface area contributed by atoms with Crippen LogP contribution in [0.2, 0.25) is 0 Å². The molecule has 3 fully saturated rings. The van der Waals surface area contributed by atoms with E-state index in [-0.39, 0.29) is 40.8 Å². The second-order valence-electron chi connectivity index (χ2n) is 9.59. The smallest absolute Gasteiger partial charge is 0.247 e. The van der Waals surface area contributed by atoms with Crippen molar-refractivity contribution >= 4 is 77.7 Å². The Hall–Kier alpha value is -1.38. The highest BCUT2D eigenvalue weighted by Gasteiger charge is 2.55. The number of hydrogen-bond donors (Lipinski definition) is 4. The lowest BCUT2D eigenvalue weighted by Crippen LogP contribution is -2.67. The number of hydrogen-bond acceptors (Lipinski definition) is 15. The summed E-state index contributed by atoms with van der Waals surface area (Å²) in [4.78, 5) is 25.4. The molecular weight excluding hydrogens is 635 g/mol. The molecular formula is C25H36B3NO12S3. The molecule has 19 heteroatoms. The zero-order chi connectivity index (χ0) is 38.7. The van der Waals surface area contributed by atoms with E-state index in [4.69, 9.17) is 59.1 Å². The predicted octanol–water partition coefficient (Wildman–Crippen LogP) is -2.42. The van der Waals surface area contributed by atoms with Crippen molar-refractivity contribution in [1.82, 2.24) is 5.32 Å². The molecule has 2 saturated heterocycles. The third-order valence-electron chi connectivity index (χ3n) is 6.83. The van der Waals surface area contributed by atoms with Gasteiger partial charge in [0.25, 0.3) is 0 Å². The van der Waals surface area contributed by atoms with Crippen LogP contribution in [0, 0.1) is 0 Å². The SMILES string of the molecule is [2H]B([3H])CSOc1cc(/C=C(\C)C(=O)N[C@H]2[C@@H](OSCB([2H])[3H])[C@@H]3OCO[C@@H]3[C@H](O[3H])[C@H]2O[3H])ccc1O[C@@H]1O[C@H](C=O)[C@@H](OSCB([2H])[3H])[C@@H]1O[3H]. The Bertz CT molecular complexity index is 1380. The van der Waals surface area contributed by atoms with Crippen molar-refractivity contribution in [3.63, 3.8) is 0 Å². The molecule has 1 amide bonds. The first kappa shape index (κ1) is 24.8. The zero-order valence-electron chi connectivity index (χ0n) is 32.3. The number of aliphatic hydroxyl groups is 3. The van der Waals surface area contributed by atoms with Crippen molar-refractivity contribution in [1.29, 1.82) is 12.3 Å². The Morgan fingerprint density at radius 3 is 2.55 bits per heavy atom. The molecule has 1 aromatic carbocycles. The van der Waals surface area contributed by atoms with Gasteiger partial charge >= 0.3 is 0 Å². The fraction of sp³-hybridized carbons (Fsp3) is 0.600. The normalized spacial score (nSPS) is 36.0. The van der Waals surface area contributed by atoms with Gasteiger partial charge in [0, 0.05) is 23.3 Å². The molecule has 0 aromatic heterocycles. The molecule has 10 atom stereocenters. The van der Waals surface area contributed by atoms with Crippen molar-refractivity contribution in [3.8, 4) is 11.5 Å². The number of aliphatic hydroxyl groups excluding tert-OH is 3. The van der Waals surface area contributed by atoms with Crippen LogP contribution >= 0.6 is 36.1 Å². The van der Waals surface area contributed by atoms with Gasteiger partial charge in [0.2, 0.25) is 16.5 Å². The lowest BCUT2D eigenvalue weighted by Gasteiger charge is -2.43. The summed E-state index contributed by atoms with van der Waals surface area (Å²) in [5.41, 5.74) is 0.477. The van der Waals surface area contributed by atoms with Crippen LogP contribution in [-0.2, 0) is 32.2 Å². The van der Waals surface area contributed by atoms with E-state index >= 15 is 0 Å². The van der Waals surface area contributed by atoms with Gasteiger partial charge in [-0.15, -0.1) is 0 Å². The molecule has 3 aliphatic rings. The Morgan fingerprint density at radius 2 is 1.82 bits per heavy atom. The largest absolute Gasteiger partial charge is 0.458 e. The molecule has 1 aliphatic carbocycles. The minimum Gasteiger partial charge on any atom is -0.458 e. The summed E-state index contributed by atoms with van der Waals surface area (Å²) in [6.45, 7) is 1.35. The highest BCUT2D eigenvalue weighted by Crippen LogP contribution is 2.36. The van der Waals surface area contributed by atoms with Crippen LogP contribution in [0.25, 0.3) is 6.08 Å². The third kappa shape index (κ3) is 8.31. The van der Waals surface area contributed by atoms with Crippen LogP contribution < -0.4 is 14.2 Å². The zero-order valence-corrected chi connectivity index (χ0v) is 25.8. The molecule has 1 aromatic rings. The first-order valence-corrected chi connectivity index (χ1v) is 16.0. The maximum Gasteiger partial charge on any atom is 0.247 e. The quantitative estimate of drug-likeness (QED) is 0.0466. The average molecular weight is 686 g/mol. The van der Waals surface area contributed by atoms with Crippen LogP contribution in [0.4, 0.5) is 0 Å². The highest BCUT2D eigenvalue weighted by atomic mass is 32.2. The maximum absolute atomic E-state index is 13.6. The van der Waals surface area contributed by atoms with Gasteiger partial charge in [0.05, 0.1) is 6.04 Å². The fourth-order valence-corrected chi connectivity index (χ4v) is 6.04. The van der Waals surface area contributed by atoms with E-state index in [1.54, 1.807) is 6.07 Å². The van der Waals surface area contributed by atoms with Crippen molar-refractivity contribution in [3.05, 3.63) is 29.3 Å². The first-order valence-electron chi connectivity index (χ1n) is 18.0. The number of fused-ring (bicyclic) bond motifs is 1. The second kappa shape index (κ2) is 17.0. The second-order valence-corrected chi connectivity index (χ2v) is 11.8. The number of carbonyl (C=O) groups is 2. The minimum atomic E-state index is -1.34. The number of amides is 1. The molecule has 13 nitrogen and oxygen atoms in total. The van der Waals surface area contributed by atoms with Crippen LogP contribution in [0.5, 0.6) is 11.5 Å². The molecule has 2 heterocycles. The van der Waals surface area contributed by atoms with Crippen LogP contribution in [0.1, 0.15) is 12.5 Å². The lowest BCUT2D eigenvalue weighted by molar-refractivity contribution is -0.147. The van der Waals surface area contributed by atoms with Crippen LogP contribution in [0.3, 0.4) is 0 Å². The Labute approximate surface area is 284 Å². The van der Waals surface area contributed by atoms with Gasteiger partial charge in [-0.3, -0.25) is 4.79 Å². The number of rotatable bonds is 21. The molecule has 2 aliphatic heterocycles. The molecule has 0 radical (unpaired) electrons. The number of aldehydes is 1. The highest BCUT2D eigenvalue weighted by molar-refractivity contribution is 7.96. The summed E-state index contributed by atoms with van der Waals surface area (Å²) in [6, 6.07) is 3.42. The summed E-state index contributed by atoms with van der Waals surface area (Å²) < 4.78 is 108. The van der Waals surface area contributed by atoms with E-state index in [9.17, 15) is 9.59 Å². The van der Waals surface area contributed by atoms with Crippen molar-refractivity contribution in [2.75, 3.05) is 23.7 Å². The standard InChI is InChI=1S/C25H36B3NO12S3/c1-11(24(34)29-16-17(31)18(32)22-23(36-10-35-22)21(16)41-44-9-28)4-12-2-3-13(14(5-12)39-42-7-26)37-25-19(33)20(40-43-8-27)15(6-30)38-25/h2-6,15-23,25,31-33H,7-10,26-28H2,1H3,(H,29,34)/b11-4+/t15-,16-,17+,18-,19+,20-,21-,22-,23+,25-/m1/s1/i26TD,27TD,28TD,31T,32T,33T. The Balaban J connectivity index is 1.55. The van der Waals surface area contributed by atoms with Gasteiger partial charge in [-0.25, -0.2) is 0 Å². The molecule has 4 rings (SSSR count). The first-order chi connectivity index (χ1) is 25.4. The number of ether oxygens (including phenoxy) is 4. The summed E-state index contributed by atoms with van der Waals surface area (Å²) in [5, 5.41) is 17.3. The lowest BCUT2D eigenvalue weighted by atomic mass is 9.83. The fourth-order valence-electron chi connectivity index (χ4n) is 4.79. The van der Waals surface area contributed by atoms with E-state index in [1.807, 2.05) is 0 Å². The number of nitrogens with one attached hydrogen (secondary N) is 1. The van der Waals surface area contributed by atoms with E-state index in [0.29, 0.717) is 11.8 Å². The molecule has 4 N–H and O–H groups in total. The molecule has 240 valence electrons. The Kier molecular flexibility index (Phi) is 9.55. The van der Waals surface area contributed by atoms with E-state index in [0.717, 1.165) is 36.1 Å². The summed E-state index contributed by atoms with van der Waals surface area (Å²) in [6.07, 6.45) is -7.99. The third-order valence-corrected chi connectivity index (χ3v) is 8.25. The summed E-state index contributed by atoms with van der Waals surface area (Å²) in [7, 11) is -3.61. The van der Waals surface area contributed by atoms with Gasteiger partial charge in [0.15, 0.2) is 17.8 Å². The molecule has 0 bridgehead atoms. The van der Waals surface area contributed by atoms with Gasteiger partial charge in [-0.1, -0.05) is 6.07 Å². The van der Waals surface area contributed by atoms with Gasteiger partial charge in [0.1, 0.15) is 78.9 Å². The van der Waals surface area contributed by atoms with Crippen molar-refractivity contribution in [2.24, 2.45) is 0 Å². The number of carbonyl (C=O) groups excluding carboxylic acids is 2. The van der Waals surface area contributed by atoms with E-state index in [1.165, 1.54) is 25.1 Å². The minimum absolute atomic E-state index is 0.0275. The van der Waals surface area contributed by atoms with Crippen LogP contribution in [0.15, 0.2) is 23.8 Å². The van der Waals surface area contributed by atoms with Crippen LogP contribution in [-0.4, -0.2) is 148 Å². The summed E-state index contributed by atoms with van der Waals surface area (Å²) in [5.74, 6) is -0.502. The van der Waals surface area contributed by atoms with Crippen molar-refractivity contribution in [2.45, 2.75) is 68.1 Å². The van der Waals surface area contributed by atoms with Gasteiger partial charge in [-0.2, -0.15) is 0 Å². The van der Waals surface area contributed by atoms with Gasteiger partial charge in [-0.05, 0) is 74.1 Å². The van der Waals surface area contributed by atoms with E-state index in [2.05, 4.69) is 5.32 Å². The monoisotopic (exact) mass is 686 g/mol. The maximum atomic E-state index is 13.6. The van der Waals surface area contributed by atoms with E-state index < -0.39 is 90.4 Å². The number of benzene rings is 1. The molecule has 0 unspecified atom stereocenters. The average Bonchev–Trinajstić information content (AvgIpc) is 3.73. The van der Waals surface area contributed by atoms with Crippen molar-refractivity contribution < 1.29 is 56.4 Å². The summed E-state index contributed by atoms with van der Waals surface area (Å²) >= 11 is 2.35. The molecule has 0 spiro atoms. The topological polar surface area (TPSA) is 171 Å². The Morgan fingerprint density at radius 1 is 1.09 bits per heavy atom. The predicted molar refractivity (Wildman–Crippen MR) is 173 cm³/mol. The molecule has 44 heavy (non-hydrogen) atoms. The molecule has 1 saturated carbocycles. The van der Waals surface area contributed by atoms with Gasteiger partial charge < -0.3 is 56.9 Å².